The quantitative estimate of drug-likeness (QED) is 0.650. The molecule has 4 heteroatoms. The highest BCUT2D eigenvalue weighted by atomic mass is 35.5. The van der Waals surface area contributed by atoms with Gasteiger partial charge in [0.2, 0.25) is 0 Å². The third-order valence-electron chi connectivity index (χ3n) is 3.61. The van der Waals surface area contributed by atoms with E-state index in [1.165, 1.54) is 11.1 Å². The minimum atomic E-state index is 0.0971. The number of nitrogens with zero attached hydrogens (tertiary/aromatic N) is 1. The van der Waals surface area contributed by atoms with E-state index in [0.717, 1.165) is 16.6 Å². The van der Waals surface area contributed by atoms with E-state index in [4.69, 9.17) is 11.6 Å². The summed E-state index contributed by atoms with van der Waals surface area (Å²) < 4.78 is 0. The number of fused-ring (bicyclic) bond motifs is 1. The number of benzene rings is 2. The first-order valence-corrected chi connectivity index (χ1v) is 7.04. The molecule has 0 fully saturated rings. The summed E-state index contributed by atoms with van der Waals surface area (Å²) >= 11 is 5.95. The summed E-state index contributed by atoms with van der Waals surface area (Å²) in [7, 11) is 0. The fourth-order valence-corrected chi connectivity index (χ4v) is 2.42. The molecule has 2 N–H and O–H groups in total. The number of aromatic nitrogens is 1. The van der Waals surface area contributed by atoms with Gasteiger partial charge in [-0.3, -0.25) is 4.99 Å². The summed E-state index contributed by atoms with van der Waals surface area (Å²) in [4.78, 5) is 7.35. The molecule has 21 heavy (non-hydrogen) atoms. The summed E-state index contributed by atoms with van der Waals surface area (Å²) in [6.45, 7) is 4.12. The summed E-state index contributed by atoms with van der Waals surface area (Å²) in [6, 6.07) is 11.5. The highest BCUT2D eigenvalue weighted by Crippen LogP contribution is 2.28. The van der Waals surface area contributed by atoms with Gasteiger partial charge in [0.15, 0.2) is 5.88 Å². The third-order valence-corrected chi connectivity index (χ3v) is 3.85. The van der Waals surface area contributed by atoms with Crippen molar-refractivity contribution >= 4 is 34.4 Å². The van der Waals surface area contributed by atoms with E-state index in [9.17, 15) is 5.11 Å². The molecule has 0 spiro atoms. The molecule has 0 radical (unpaired) electrons. The molecule has 0 unspecified atom stereocenters. The minimum absolute atomic E-state index is 0.0971. The van der Waals surface area contributed by atoms with Crippen molar-refractivity contribution in [2.75, 3.05) is 0 Å². The zero-order valence-corrected chi connectivity index (χ0v) is 12.6. The molecule has 3 aromatic rings. The summed E-state index contributed by atoms with van der Waals surface area (Å²) in [5.74, 6) is 0.0971. The first-order chi connectivity index (χ1) is 10.0. The van der Waals surface area contributed by atoms with Crippen LogP contribution in [0.5, 0.6) is 5.88 Å². The van der Waals surface area contributed by atoms with Crippen molar-refractivity contribution in [2.45, 2.75) is 13.8 Å². The van der Waals surface area contributed by atoms with Gasteiger partial charge in [-0.15, -0.1) is 0 Å². The molecule has 1 heterocycles. The largest absolute Gasteiger partial charge is 0.494 e. The predicted octanol–water partition coefficient (Wildman–Crippen LogP) is 4.89. The third kappa shape index (κ3) is 2.65. The van der Waals surface area contributed by atoms with Crippen molar-refractivity contribution in [2.24, 2.45) is 4.99 Å². The Morgan fingerprint density at radius 3 is 2.67 bits per heavy atom. The number of hydrogen-bond donors (Lipinski definition) is 2. The second-order valence-corrected chi connectivity index (χ2v) is 5.54. The van der Waals surface area contributed by atoms with Gasteiger partial charge in [0.25, 0.3) is 0 Å². The van der Waals surface area contributed by atoms with Crippen LogP contribution in [0, 0.1) is 13.8 Å². The number of aliphatic imine (C=N–C) groups is 1. The fourth-order valence-electron chi connectivity index (χ4n) is 2.25. The van der Waals surface area contributed by atoms with Crippen LogP contribution in [-0.2, 0) is 0 Å². The van der Waals surface area contributed by atoms with Crippen LogP contribution in [-0.4, -0.2) is 16.3 Å². The van der Waals surface area contributed by atoms with Gasteiger partial charge >= 0.3 is 0 Å². The second-order valence-electron chi connectivity index (χ2n) is 5.10. The number of aromatic hydroxyl groups is 1. The van der Waals surface area contributed by atoms with Gasteiger partial charge in [0.1, 0.15) is 0 Å². The molecule has 1 aromatic heterocycles. The lowest BCUT2D eigenvalue weighted by Crippen LogP contribution is -1.81. The van der Waals surface area contributed by atoms with Gasteiger partial charge in [-0.05, 0) is 49.2 Å². The van der Waals surface area contributed by atoms with E-state index in [0.29, 0.717) is 10.6 Å². The van der Waals surface area contributed by atoms with E-state index in [-0.39, 0.29) is 5.88 Å². The molecular formula is C17H15ClN2O. The van der Waals surface area contributed by atoms with E-state index >= 15 is 0 Å². The van der Waals surface area contributed by atoms with Crippen LogP contribution >= 0.6 is 11.6 Å². The van der Waals surface area contributed by atoms with Crippen LogP contribution in [0.4, 0.5) is 5.69 Å². The van der Waals surface area contributed by atoms with Crippen molar-refractivity contribution in [1.29, 1.82) is 0 Å². The predicted molar refractivity (Wildman–Crippen MR) is 88.1 cm³/mol. The Morgan fingerprint density at radius 2 is 1.90 bits per heavy atom. The smallest absolute Gasteiger partial charge is 0.198 e. The molecule has 0 aliphatic carbocycles. The molecule has 106 valence electrons. The molecule has 0 saturated heterocycles. The summed E-state index contributed by atoms with van der Waals surface area (Å²) in [5, 5.41) is 11.5. The van der Waals surface area contributed by atoms with Crippen molar-refractivity contribution in [3.63, 3.8) is 0 Å². The normalized spacial score (nSPS) is 11.6. The SMILES string of the molecule is Cc1ccc(N=Cc2c(O)[nH]c3cc(Cl)ccc23)cc1C. The number of nitrogens with one attached hydrogen (secondary N) is 1. The number of aryl methyl sites for hydroxylation is 2. The number of halogens is 1. The van der Waals surface area contributed by atoms with Crippen molar-refractivity contribution in [3.05, 3.63) is 58.1 Å². The molecule has 0 bridgehead atoms. The Morgan fingerprint density at radius 1 is 1.10 bits per heavy atom. The first kappa shape index (κ1) is 13.7. The average molecular weight is 299 g/mol. The molecule has 3 rings (SSSR count). The fraction of sp³-hybridized carbons (Fsp3) is 0.118. The first-order valence-electron chi connectivity index (χ1n) is 6.66. The second kappa shape index (κ2) is 5.26. The van der Waals surface area contributed by atoms with E-state index in [2.05, 4.69) is 23.8 Å². The molecule has 0 saturated carbocycles. The maximum Gasteiger partial charge on any atom is 0.198 e. The van der Waals surface area contributed by atoms with Crippen molar-refractivity contribution < 1.29 is 5.11 Å². The van der Waals surface area contributed by atoms with E-state index < -0.39 is 0 Å². The molecule has 0 amide bonds. The van der Waals surface area contributed by atoms with Gasteiger partial charge in [-0.1, -0.05) is 23.7 Å². The number of aromatic amines is 1. The van der Waals surface area contributed by atoms with Crippen LogP contribution in [0.3, 0.4) is 0 Å². The highest BCUT2D eigenvalue weighted by molar-refractivity contribution is 6.31. The van der Waals surface area contributed by atoms with Crippen LogP contribution in [0.2, 0.25) is 5.02 Å². The van der Waals surface area contributed by atoms with E-state index in [1.807, 2.05) is 24.3 Å². The van der Waals surface area contributed by atoms with Crippen molar-refractivity contribution in [3.8, 4) is 5.88 Å². The molecule has 3 nitrogen and oxygen atoms in total. The van der Waals surface area contributed by atoms with Crippen LogP contribution < -0.4 is 0 Å². The number of H-pyrrole nitrogens is 1. The zero-order valence-electron chi connectivity index (χ0n) is 11.8. The highest BCUT2D eigenvalue weighted by Gasteiger charge is 2.09. The van der Waals surface area contributed by atoms with Crippen LogP contribution in [0.25, 0.3) is 10.9 Å². The number of rotatable bonds is 2. The Kier molecular flexibility index (Phi) is 3.43. The lowest BCUT2D eigenvalue weighted by Gasteiger charge is -2.00. The summed E-state index contributed by atoms with van der Waals surface area (Å²) in [6.07, 6.45) is 1.67. The lowest BCUT2D eigenvalue weighted by molar-refractivity contribution is 0.457. The monoisotopic (exact) mass is 298 g/mol. The lowest BCUT2D eigenvalue weighted by atomic mass is 10.1. The molecule has 0 aliphatic rings. The van der Waals surface area contributed by atoms with Gasteiger partial charge in [-0.25, -0.2) is 0 Å². The van der Waals surface area contributed by atoms with Gasteiger partial charge in [0.05, 0.1) is 16.8 Å². The molecule has 0 aliphatic heterocycles. The Hall–Kier alpha value is -2.26. The molecule has 2 aromatic carbocycles. The van der Waals surface area contributed by atoms with E-state index in [1.54, 1.807) is 18.3 Å². The maximum absolute atomic E-state index is 10.0. The van der Waals surface area contributed by atoms with Gasteiger partial charge < -0.3 is 10.1 Å². The molecular weight excluding hydrogens is 284 g/mol. The number of hydrogen-bond acceptors (Lipinski definition) is 2. The topological polar surface area (TPSA) is 48.4 Å². The van der Waals surface area contributed by atoms with Crippen LogP contribution in [0.1, 0.15) is 16.7 Å². The molecule has 0 atom stereocenters. The zero-order chi connectivity index (χ0) is 15.0. The van der Waals surface area contributed by atoms with Gasteiger partial charge in [-0.2, -0.15) is 0 Å². The minimum Gasteiger partial charge on any atom is -0.494 e. The maximum atomic E-state index is 10.0. The van der Waals surface area contributed by atoms with Crippen LogP contribution in [0.15, 0.2) is 41.4 Å². The Labute approximate surface area is 127 Å². The average Bonchev–Trinajstić information content (AvgIpc) is 2.75. The van der Waals surface area contributed by atoms with Gasteiger partial charge in [0, 0.05) is 16.6 Å². The Bertz CT molecular complexity index is 849. The van der Waals surface area contributed by atoms with Crippen molar-refractivity contribution in [1.82, 2.24) is 4.98 Å². The standard InChI is InChI=1S/C17H15ClN2O/c1-10-3-5-13(7-11(10)2)19-9-15-14-6-4-12(18)8-16(14)20-17(15)21/h3-9,20-21H,1-2H3. The Balaban J connectivity index is 2.02. The summed E-state index contributed by atoms with van der Waals surface area (Å²) in [5.41, 5.74) is 4.75.